The van der Waals surface area contributed by atoms with Crippen LogP contribution < -0.4 is 0 Å². The van der Waals surface area contributed by atoms with E-state index in [0.29, 0.717) is 6.04 Å². The van der Waals surface area contributed by atoms with Crippen LogP contribution in [0.1, 0.15) is 30.5 Å². The van der Waals surface area contributed by atoms with E-state index in [2.05, 4.69) is 55.1 Å². The van der Waals surface area contributed by atoms with Crippen LogP contribution in [0.2, 0.25) is 0 Å². The Morgan fingerprint density at radius 1 is 0.950 bits per heavy atom. The first-order chi connectivity index (χ1) is 9.69. The van der Waals surface area contributed by atoms with Crippen molar-refractivity contribution in [3.8, 4) is 6.07 Å². The summed E-state index contributed by atoms with van der Waals surface area (Å²) in [5.41, 5.74) is 3.23. The minimum absolute atomic E-state index is 0.459. The smallest absolute Gasteiger partial charge is 0.0991 e. The van der Waals surface area contributed by atoms with Crippen LogP contribution in [0.5, 0.6) is 0 Å². The molecule has 2 heteroatoms. The van der Waals surface area contributed by atoms with Crippen LogP contribution >= 0.6 is 0 Å². The highest BCUT2D eigenvalue weighted by Gasteiger charge is 2.11. The summed E-state index contributed by atoms with van der Waals surface area (Å²) in [6.45, 7) is 6.20. The lowest BCUT2D eigenvalue weighted by molar-refractivity contribution is 0.203. The van der Waals surface area contributed by atoms with Crippen molar-refractivity contribution in [2.75, 3.05) is 0 Å². The molecule has 2 nitrogen and oxygen atoms in total. The SMILES string of the molecule is CC(C)N(Cc1ccccc1)Cc1cccc(C#N)c1. The fourth-order valence-electron chi connectivity index (χ4n) is 2.21. The average Bonchev–Trinajstić information content (AvgIpc) is 2.48. The predicted molar refractivity (Wildman–Crippen MR) is 82.0 cm³/mol. The summed E-state index contributed by atoms with van der Waals surface area (Å²) in [6, 6.07) is 21.0. The second-order valence-electron chi connectivity index (χ2n) is 5.30. The van der Waals surface area contributed by atoms with E-state index in [9.17, 15) is 0 Å². The van der Waals surface area contributed by atoms with Crippen molar-refractivity contribution < 1.29 is 0 Å². The lowest BCUT2D eigenvalue weighted by Crippen LogP contribution is -2.29. The molecule has 2 aromatic rings. The lowest BCUT2D eigenvalue weighted by atomic mass is 10.1. The Balaban J connectivity index is 2.11. The van der Waals surface area contributed by atoms with Crippen LogP contribution in [0, 0.1) is 11.3 Å². The Morgan fingerprint density at radius 3 is 2.25 bits per heavy atom. The van der Waals surface area contributed by atoms with Gasteiger partial charge in [-0.2, -0.15) is 5.26 Å². The molecule has 102 valence electrons. The molecule has 0 aliphatic rings. The highest BCUT2D eigenvalue weighted by molar-refractivity contribution is 5.32. The molecule has 0 spiro atoms. The van der Waals surface area contributed by atoms with Crippen LogP contribution in [-0.2, 0) is 13.1 Å². The second kappa shape index (κ2) is 6.88. The minimum Gasteiger partial charge on any atom is -0.292 e. The fourth-order valence-corrected chi connectivity index (χ4v) is 2.21. The molecular formula is C18H20N2. The molecule has 0 bridgehead atoms. The van der Waals surface area contributed by atoms with E-state index >= 15 is 0 Å². The number of nitriles is 1. The van der Waals surface area contributed by atoms with Crippen molar-refractivity contribution in [1.29, 1.82) is 5.26 Å². The highest BCUT2D eigenvalue weighted by atomic mass is 15.1. The Kier molecular flexibility index (Phi) is 4.92. The van der Waals surface area contributed by atoms with Gasteiger partial charge in [0.1, 0.15) is 0 Å². The third-order valence-corrected chi connectivity index (χ3v) is 3.40. The number of hydrogen-bond donors (Lipinski definition) is 0. The lowest BCUT2D eigenvalue weighted by Gasteiger charge is -2.26. The summed E-state index contributed by atoms with van der Waals surface area (Å²) >= 11 is 0. The third kappa shape index (κ3) is 3.94. The predicted octanol–water partition coefficient (Wildman–Crippen LogP) is 3.97. The van der Waals surface area contributed by atoms with Crippen LogP contribution in [-0.4, -0.2) is 10.9 Å². The molecule has 2 rings (SSSR count). The summed E-state index contributed by atoms with van der Waals surface area (Å²) in [7, 11) is 0. The van der Waals surface area contributed by atoms with Gasteiger partial charge in [0, 0.05) is 19.1 Å². The molecule has 0 radical (unpaired) electrons. The molecule has 0 aromatic heterocycles. The van der Waals surface area contributed by atoms with Gasteiger partial charge < -0.3 is 0 Å². The van der Waals surface area contributed by atoms with Gasteiger partial charge in [-0.05, 0) is 37.1 Å². The summed E-state index contributed by atoms with van der Waals surface area (Å²) < 4.78 is 0. The van der Waals surface area contributed by atoms with Crippen molar-refractivity contribution in [1.82, 2.24) is 4.90 Å². The number of benzene rings is 2. The largest absolute Gasteiger partial charge is 0.292 e. The summed E-state index contributed by atoms with van der Waals surface area (Å²) in [5.74, 6) is 0. The Bertz CT molecular complexity index is 582. The van der Waals surface area contributed by atoms with Gasteiger partial charge in [0.2, 0.25) is 0 Å². The van der Waals surface area contributed by atoms with Crippen molar-refractivity contribution in [2.24, 2.45) is 0 Å². The average molecular weight is 264 g/mol. The van der Waals surface area contributed by atoms with Gasteiger partial charge in [-0.3, -0.25) is 4.90 Å². The van der Waals surface area contributed by atoms with Crippen LogP contribution in [0.15, 0.2) is 54.6 Å². The van der Waals surface area contributed by atoms with Crippen LogP contribution in [0.25, 0.3) is 0 Å². The zero-order chi connectivity index (χ0) is 14.4. The molecular weight excluding hydrogens is 244 g/mol. The fraction of sp³-hybridized carbons (Fsp3) is 0.278. The zero-order valence-electron chi connectivity index (χ0n) is 12.1. The Morgan fingerprint density at radius 2 is 1.60 bits per heavy atom. The molecule has 0 unspecified atom stereocenters. The number of rotatable bonds is 5. The molecule has 0 aliphatic heterocycles. The molecule has 0 saturated heterocycles. The molecule has 0 heterocycles. The molecule has 0 N–H and O–H groups in total. The molecule has 0 saturated carbocycles. The van der Waals surface area contributed by atoms with Gasteiger partial charge in [-0.25, -0.2) is 0 Å². The molecule has 0 amide bonds. The van der Waals surface area contributed by atoms with E-state index in [-0.39, 0.29) is 0 Å². The number of hydrogen-bond acceptors (Lipinski definition) is 2. The molecule has 2 aromatic carbocycles. The monoisotopic (exact) mass is 264 g/mol. The van der Waals surface area contributed by atoms with E-state index in [4.69, 9.17) is 5.26 Å². The third-order valence-electron chi connectivity index (χ3n) is 3.40. The van der Waals surface area contributed by atoms with Gasteiger partial charge in [-0.15, -0.1) is 0 Å². The van der Waals surface area contributed by atoms with Gasteiger partial charge in [0.05, 0.1) is 11.6 Å². The van der Waals surface area contributed by atoms with Crippen LogP contribution in [0.3, 0.4) is 0 Å². The quantitative estimate of drug-likeness (QED) is 0.817. The first-order valence-corrected chi connectivity index (χ1v) is 6.96. The van der Waals surface area contributed by atoms with E-state index in [0.717, 1.165) is 18.7 Å². The van der Waals surface area contributed by atoms with Gasteiger partial charge in [0.15, 0.2) is 0 Å². The standard InChI is InChI=1S/C18H20N2/c1-15(2)20(13-16-7-4-3-5-8-16)14-18-10-6-9-17(11-18)12-19/h3-11,15H,13-14H2,1-2H3. The molecule has 0 atom stereocenters. The Hall–Kier alpha value is -2.11. The molecule has 20 heavy (non-hydrogen) atoms. The van der Waals surface area contributed by atoms with Crippen molar-refractivity contribution >= 4 is 0 Å². The molecule has 0 aliphatic carbocycles. The summed E-state index contributed by atoms with van der Waals surface area (Å²) in [5, 5.41) is 8.98. The summed E-state index contributed by atoms with van der Waals surface area (Å²) in [4.78, 5) is 2.41. The highest BCUT2D eigenvalue weighted by Crippen LogP contribution is 2.14. The maximum atomic E-state index is 8.98. The minimum atomic E-state index is 0.459. The normalized spacial score (nSPS) is 10.8. The maximum absolute atomic E-state index is 8.98. The maximum Gasteiger partial charge on any atom is 0.0991 e. The first-order valence-electron chi connectivity index (χ1n) is 6.96. The van der Waals surface area contributed by atoms with Gasteiger partial charge in [0.25, 0.3) is 0 Å². The number of nitrogens with zero attached hydrogens (tertiary/aromatic N) is 2. The summed E-state index contributed by atoms with van der Waals surface area (Å²) in [6.07, 6.45) is 0. The first kappa shape index (κ1) is 14.3. The van der Waals surface area contributed by atoms with E-state index in [1.807, 2.05) is 24.3 Å². The van der Waals surface area contributed by atoms with Gasteiger partial charge >= 0.3 is 0 Å². The molecule has 0 fully saturated rings. The van der Waals surface area contributed by atoms with Crippen molar-refractivity contribution in [2.45, 2.75) is 33.0 Å². The Labute approximate surface area is 121 Å². The van der Waals surface area contributed by atoms with Gasteiger partial charge in [-0.1, -0.05) is 42.5 Å². The zero-order valence-corrected chi connectivity index (χ0v) is 12.1. The van der Waals surface area contributed by atoms with Crippen molar-refractivity contribution in [3.05, 3.63) is 71.3 Å². The topological polar surface area (TPSA) is 27.0 Å². The van der Waals surface area contributed by atoms with E-state index in [1.54, 1.807) is 0 Å². The van der Waals surface area contributed by atoms with Crippen molar-refractivity contribution in [3.63, 3.8) is 0 Å². The van der Waals surface area contributed by atoms with E-state index < -0.39 is 0 Å². The van der Waals surface area contributed by atoms with E-state index in [1.165, 1.54) is 11.1 Å². The van der Waals surface area contributed by atoms with Crippen LogP contribution in [0.4, 0.5) is 0 Å². The second-order valence-corrected chi connectivity index (χ2v) is 5.30.